The molecule has 0 bridgehead atoms. The van der Waals surface area contributed by atoms with E-state index in [1.54, 1.807) is 36.4 Å². The van der Waals surface area contributed by atoms with Gasteiger partial charge in [0.25, 0.3) is 11.8 Å². The number of hydrogen-bond acceptors (Lipinski definition) is 4. The number of rotatable bonds is 13. The predicted molar refractivity (Wildman–Crippen MR) is 136 cm³/mol. The summed E-state index contributed by atoms with van der Waals surface area (Å²) in [6.45, 7) is 17.5. The summed E-state index contributed by atoms with van der Waals surface area (Å²) in [7, 11) is 2.88. The molecule has 1 aromatic carbocycles. The van der Waals surface area contributed by atoms with Gasteiger partial charge in [0.15, 0.2) is 0 Å². The maximum absolute atomic E-state index is 13.0. The molecule has 6 nitrogen and oxygen atoms in total. The average molecular weight is 455 g/mol. The second kappa shape index (κ2) is 17.2. The van der Waals surface area contributed by atoms with Crippen LogP contribution in [0.1, 0.15) is 49.5 Å². The molecule has 0 saturated heterocycles. The Morgan fingerprint density at radius 3 is 2.30 bits per heavy atom. The van der Waals surface area contributed by atoms with Crippen molar-refractivity contribution in [2.24, 2.45) is 0 Å². The fourth-order valence-electron chi connectivity index (χ4n) is 2.76. The van der Waals surface area contributed by atoms with Gasteiger partial charge in [-0.1, -0.05) is 56.9 Å². The lowest BCUT2D eigenvalue weighted by Gasteiger charge is -2.22. The van der Waals surface area contributed by atoms with Crippen LogP contribution in [0.4, 0.5) is 0 Å². The molecule has 33 heavy (non-hydrogen) atoms. The molecule has 1 atom stereocenters. The van der Waals surface area contributed by atoms with E-state index in [0.29, 0.717) is 17.9 Å². The molecule has 180 valence electrons. The maximum atomic E-state index is 13.0. The molecule has 6 heteroatoms. The summed E-state index contributed by atoms with van der Waals surface area (Å²) >= 11 is 0. The molecule has 1 aromatic rings. The SMILES string of the molecule is C=C/C=C(\C=C(/C)c1ccccc1C(=O)NC(CC=C)C(=O)N(C)OC)OCCC=C.CC. The van der Waals surface area contributed by atoms with Crippen molar-refractivity contribution in [2.45, 2.75) is 39.7 Å². The molecule has 0 aromatic heterocycles. The van der Waals surface area contributed by atoms with Crippen LogP contribution in [0.3, 0.4) is 0 Å². The lowest BCUT2D eigenvalue weighted by molar-refractivity contribution is -0.170. The van der Waals surface area contributed by atoms with E-state index in [1.165, 1.54) is 14.2 Å². The van der Waals surface area contributed by atoms with E-state index in [9.17, 15) is 9.59 Å². The Labute approximate surface area is 198 Å². The van der Waals surface area contributed by atoms with Crippen molar-refractivity contribution in [1.29, 1.82) is 0 Å². The molecule has 0 aliphatic heterocycles. The highest BCUT2D eigenvalue weighted by Crippen LogP contribution is 2.21. The van der Waals surface area contributed by atoms with Crippen LogP contribution >= 0.6 is 0 Å². The molecule has 1 unspecified atom stereocenters. The summed E-state index contributed by atoms with van der Waals surface area (Å²) in [5, 5.41) is 3.86. The van der Waals surface area contributed by atoms with E-state index in [-0.39, 0.29) is 18.2 Å². The fraction of sp³-hybridized carbons (Fsp3) is 0.333. The number of carbonyl (C=O) groups excluding carboxylic acids is 2. The minimum absolute atomic E-state index is 0.276. The molecule has 0 aliphatic rings. The number of hydroxylamine groups is 2. The number of ether oxygens (including phenoxy) is 1. The number of nitrogens with zero attached hydrogens (tertiary/aromatic N) is 1. The molecular formula is C27H38N2O4. The molecule has 0 heterocycles. The number of benzene rings is 1. The highest BCUT2D eigenvalue weighted by Gasteiger charge is 2.24. The third-order valence-electron chi connectivity index (χ3n) is 4.42. The summed E-state index contributed by atoms with van der Waals surface area (Å²) < 4.78 is 5.75. The first-order valence-electron chi connectivity index (χ1n) is 11.0. The lowest BCUT2D eigenvalue weighted by atomic mass is 9.99. The topological polar surface area (TPSA) is 67.9 Å². The Bertz CT molecular complexity index is 855. The number of allylic oxidation sites excluding steroid dienone is 4. The van der Waals surface area contributed by atoms with E-state index >= 15 is 0 Å². The predicted octanol–water partition coefficient (Wildman–Crippen LogP) is 5.47. The number of hydrogen-bond donors (Lipinski definition) is 1. The minimum Gasteiger partial charge on any atom is -0.493 e. The smallest absolute Gasteiger partial charge is 0.268 e. The molecule has 0 spiro atoms. The van der Waals surface area contributed by atoms with Gasteiger partial charge in [-0.05, 0) is 49.1 Å². The van der Waals surface area contributed by atoms with E-state index in [2.05, 4.69) is 25.1 Å². The second-order valence-corrected chi connectivity index (χ2v) is 6.67. The summed E-state index contributed by atoms with van der Waals surface area (Å²) in [6.07, 6.45) is 9.60. The zero-order valence-electron chi connectivity index (χ0n) is 20.6. The van der Waals surface area contributed by atoms with E-state index < -0.39 is 6.04 Å². The number of carbonyl (C=O) groups is 2. The molecule has 0 fully saturated rings. The van der Waals surface area contributed by atoms with Gasteiger partial charge < -0.3 is 10.1 Å². The Balaban J connectivity index is 0.00000497. The standard InChI is InChI=1S/C25H32N2O4.C2H6/c1-7-10-17-31-20(13-8-2)18-19(4)21-15-11-12-16-22(21)24(28)26-23(14-9-3)25(29)27(5)30-6;1-2/h7-9,11-13,15-16,18,23H,1-3,10,14,17H2,4-6H3,(H,26,28);1-2H3/b19-18+,20-13+;. The van der Waals surface area contributed by atoms with Crippen LogP contribution in [0.2, 0.25) is 0 Å². The van der Waals surface area contributed by atoms with Crippen molar-refractivity contribution in [3.8, 4) is 0 Å². The van der Waals surface area contributed by atoms with Crippen LogP contribution in [0, 0.1) is 0 Å². The number of amides is 2. The van der Waals surface area contributed by atoms with Gasteiger partial charge in [-0.3, -0.25) is 14.4 Å². The molecule has 0 aliphatic carbocycles. The van der Waals surface area contributed by atoms with Crippen molar-refractivity contribution in [3.05, 3.63) is 91.3 Å². The minimum atomic E-state index is -0.786. The van der Waals surface area contributed by atoms with Crippen molar-refractivity contribution < 1.29 is 19.2 Å². The van der Waals surface area contributed by atoms with E-state index in [1.807, 2.05) is 39.0 Å². The normalized spacial score (nSPS) is 11.9. The van der Waals surface area contributed by atoms with Crippen LogP contribution in [-0.4, -0.2) is 43.7 Å². The van der Waals surface area contributed by atoms with Crippen LogP contribution in [-0.2, 0) is 14.4 Å². The molecular weight excluding hydrogens is 416 g/mol. The lowest BCUT2D eigenvalue weighted by Crippen LogP contribution is -2.47. The van der Waals surface area contributed by atoms with Crippen LogP contribution in [0.25, 0.3) is 5.57 Å². The summed E-state index contributed by atoms with van der Waals surface area (Å²) in [5.41, 5.74) is 2.01. The van der Waals surface area contributed by atoms with E-state index in [0.717, 1.165) is 22.6 Å². The van der Waals surface area contributed by atoms with Crippen LogP contribution < -0.4 is 5.32 Å². The van der Waals surface area contributed by atoms with Gasteiger partial charge in [0.05, 0.1) is 13.7 Å². The fourth-order valence-corrected chi connectivity index (χ4v) is 2.76. The Morgan fingerprint density at radius 2 is 1.76 bits per heavy atom. The number of nitrogens with one attached hydrogen (secondary N) is 1. The highest BCUT2D eigenvalue weighted by molar-refractivity contribution is 6.01. The Hall–Kier alpha value is -3.38. The van der Waals surface area contributed by atoms with Crippen LogP contribution in [0.15, 0.2) is 80.1 Å². The summed E-state index contributed by atoms with van der Waals surface area (Å²) in [4.78, 5) is 30.5. The summed E-state index contributed by atoms with van der Waals surface area (Å²) in [6, 6.07) is 6.41. The van der Waals surface area contributed by atoms with Gasteiger partial charge in [0.1, 0.15) is 11.8 Å². The quantitative estimate of drug-likeness (QED) is 0.141. The monoisotopic (exact) mass is 454 g/mol. The van der Waals surface area contributed by atoms with Gasteiger partial charge in [0, 0.05) is 12.6 Å². The average Bonchev–Trinajstić information content (AvgIpc) is 2.84. The Morgan fingerprint density at radius 1 is 1.12 bits per heavy atom. The first-order chi connectivity index (χ1) is 15.9. The Kier molecular flexibility index (Phi) is 15.4. The highest BCUT2D eigenvalue weighted by atomic mass is 16.7. The van der Waals surface area contributed by atoms with Crippen molar-refractivity contribution in [2.75, 3.05) is 20.8 Å². The largest absolute Gasteiger partial charge is 0.493 e. The summed E-state index contributed by atoms with van der Waals surface area (Å²) in [5.74, 6) is -0.104. The maximum Gasteiger partial charge on any atom is 0.268 e. The zero-order valence-corrected chi connectivity index (χ0v) is 20.6. The molecule has 0 radical (unpaired) electrons. The van der Waals surface area contributed by atoms with Gasteiger partial charge in [-0.25, -0.2) is 5.06 Å². The van der Waals surface area contributed by atoms with Crippen molar-refractivity contribution in [3.63, 3.8) is 0 Å². The van der Waals surface area contributed by atoms with Crippen LogP contribution in [0.5, 0.6) is 0 Å². The third-order valence-corrected chi connectivity index (χ3v) is 4.42. The van der Waals surface area contributed by atoms with Gasteiger partial charge in [-0.15, -0.1) is 13.2 Å². The molecule has 1 rings (SSSR count). The van der Waals surface area contributed by atoms with E-state index in [4.69, 9.17) is 9.57 Å². The van der Waals surface area contributed by atoms with Gasteiger partial charge in [0.2, 0.25) is 0 Å². The second-order valence-electron chi connectivity index (χ2n) is 6.67. The third kappa shape index (κ3) is 10.2. The number of likely N-dealkylation sites (N-methyl/N-ethyl adjacent to an activating group) is 1. The molecule has 0 saturated carbocycles. The zero-order chi connectivity index (χ0) is 25.2. The van der Waals surface area contributed by atoms with Gasteiger partial charge >= 0.3 is 0 Å². The van der Waals surface area contributed by atoms with Gasteiger partial charge in [-0.2, -0.15) is 0 Å². The van der Waals surface area contributed by atoms with Crippen molar-refractivity contribution >= 4 is 17.4 Å². The first-order valence-corrected chi connectivity index (χ1v) is 11.0. The molecule has 1 N–H and O–H groups in total. The molecule has 2 amide bonds. The first kappa shape index (κ1) is 29.6. The van der Waals surface area contributed by atoms with Crippen molar-refractivity contribution in [1.82, 2.24) is 10.4 Å².